The Morgan fingerprint density at radius 1 is 1.32 bits per heavy atom. The summed E-state index contributed by atoms with van der Waals surface area (Å²) in [4.78, 5) is 0. The fraction of sp³-hybridized carbons (Fsp3) is 0.600. The summed E-state index contributed by atoms with van der Waals surface area (Å²) < 4.78 is 6.20. The summed E-state index contributed by atoms with van der Waals surface area (Å²) in [6.45, 7) is 7.02. The van der Waals surface area contributed by atoms with E-state index >= 15 is 0 Å². The number of rotatable bonds is 7. The topological polar surface area (TPSA) is 41.5 Å². The zero-order chi connectivity index (χ0) is 14.4. The molecule has 0 spiro atoms. The molecule has 19 heavy (non-hydrogen) atoms. The van der Waals surface area contributed by atoms with Crippen molar-refractivity contribution in [3.05, 3.63) is 28.2 Å². The standard InChI is InChI=1S/C15H24BrNO2/c1-10(7-11(2)18)9-17-12(3)13-5-6-15(19-4)14(16)8-13/h5-6,8,10-12,17-18H,7,9H2,1-4H3. The van der Waals surface area contributed by atoms with Crippen LogP contribution in [0.15, 0.2) is 22.7 Å². The van der Waals surface area contributed by atoms with Gasteiger partial charge >= 0.3 is 0 Å². The number of nitrogens with one attached hydrogen (secondary N) is 1. The summed E-state index contributed by atoms with van der Waals surface area (Å²) in [5.41, 5.74) is 1.22. The van der Waals surface area contributed by atoms with Crippen LogP contribution in [0.25, 0.3) is 0 Å². The van der Waals surface area contributed by atoms with E-state index in [4.69, 9.17) is 4.74 Å². The lowest BCUT2D eigenvalue weighted by molar-refractivity contribution is 0.162. The molecule has 0 saturated heterocycles. The van der Waals surface area contributed by atoms with Crippen LogP contribution < -0.4 is 10.1 Å². The predicted octanol–water partition coefficient (Wildman–Crippen LogP) is 3.52. The second kappa shape index (κ2) is 7.88. The molecule has 108 valence electrons. The normalized spacial score (nSPS) is 15.9. The molecule has 0 aliphatic rings. The highest BCUT2D eigenvalue weighted by Gasteiger charge is 2.11. The van der Waals surface area contributed by atoms with Crippen molar-refractivity contribution in [2.45, 2.75) is 39.3 Å². The molecule has 3 atom stereocenters. The maximum Gasteiger partial charge on any atom is 0.133 e. The summed E-state index contributed by atoms with van der Waals surface area (Å²) in [6.07, 6.45) is 0.591. The Kier molecular flexibility index (Phi) is 6.83. The van der Waals surface area contributed by atoms with Crippen LogP contribution in [-0.2, 0) is 0 Å². The molecule has 2 N–H and O–H groups in total. The summed E-state index contributed by atoms with van der Waals surface area (Å²) in [5, 5.41) is 12.8. The van der Waals surface area contributed by atoms with Gasteiger partial charge in [-0.1, -0.05) is 13.0 Å². The van der Waals surface area contributed by atoms with E-state index in [1.165, 1.54) is 5.56 Å². The van der Waals surface area contributed by atoms with Crippen molar-refractivity contribution in [2.75, 3.05) is 13.7 Å². The average Bonchev–Trinajstić information content (AvgIpc) is 2.35. The Balaban J connectivity index is 2.53. The molecule has 0 heterocycles. The number of methoxy groups -OCH3 is 1. The minimum absolute atomic E-state index is 0.234. The van der Waals surface area contributed by atoms with Gasteiger partial charge in [0.1, 0.15) is 5.75 Å². The third kappa shape index (κ3) is 5.51. The van der Waals surface area contributed by atoms with Crippen molar-refractivity contribution < 1.29 is 9.84 Å². The van der Waals surface area contributed by atoms with E-state index in [0.29, 0.717) is 5.92 Å². The maximum absolute atomic E-state index is 9.35. The van der Waals surface area contributed by atoms with E-state index in [2.05, 4.69) is 47.2 Å². The molecule has 3 nitrogen and oxygen atoms in total. The molecule has 0 bridgehead atoms. The number of hydrogen-bond donors (Lipinski definition) is 2. The number of halogens is 1. The Labute approximate surface area is 124 Å². The van der Waals surface area contributed by atoms with Crippen LogP contribution in [-0.4, -0.2) is 24.9 Å². The van der Waals surface area contributed by atoms with Crippen molar-refractivity contribution in [1.29, 1.82) is 0 Å². The van der Waals surface area contributed by atoms with Crippen LogP contribution >= 0.6 is 15.9 Å². The molecule has 0 fully saturated rings. The van der Waals surface area contributed by atoms with E-state index in [1.54, 1.807) is 7.11 Å². The van der Waals surface area contributed by atoms with Crippen LogP contribution in [0.4, 0.5) is 0 Å². The molecule has 0 aliphatic heterocycles. The number of hydrogen-bond acceptors (Lipinski definition) is 3. The van der Waals surface area contributed by atoms with Gasteiger partial charge < -0.3 is 15.2 Å². The van der Waals surface area contributed by atoms with Gasteiger partial charge in [0.25, 0.3) is 0 Å². The molecule has 3 unspecified atom stereocenters. The highest BCUT2D eigenvalue weighted by atomic mass is 79.9. The second-order valence-electron chi connectivity index (χ2n) is 5.21. The zero-order valence-electron chi connectivity index (χ0n) is 12.1. The van der Waals surface area contributed by atoms with Crippen LogP contribution in [0.1, 0.15) is 38.8 Å². The van der Waals surface area contributed by atoms with E-state index in [0.717, 1.165) is 23.2 Å². The molecule has 1 rings (SSSR count). The van der Waals surface area contributed by atoms with Crippen molar-refractivity contribution in [1.82, 2.24) is 5.32 Å². The van der Waals surface area contributed by atoms with Gasteiger partial charge in [-0.05, 0) is 66.4 Å². The Morgan fingerprint density at radius 3 is 2.53 bits per heavy atom. The average molecular weight is 330 g/mol. The highest BCUT2D eigenvalue weighted by Crippen LogP contribution is 2.28. The fourth-order valence-corrected chi connectivity index (χ4v) is 2.67. The minimum atomic E-state index is -0.234. The van der Waals surface area contributed by atoms with E-state index in [-0.39, 0.29) is 12.1 Å². The predicted molar refractivity (Wildman–Crippen MR) is 82.6 cm³/mol. The number of benzene rings is 1. The Bertz CT molecular complexity index is 396. The number of aliphatic hydroxyl groups is 1. The van der Waals surface area contributed by atoms with Crippen LogP contribution in [0.5, 0.6) is 5.75 Å². The molecule has 0 amide bonds. The molecule has 1 aromatic rings. The van der Waals surface area contributed by atoms with Gasteiger partial charge in [0, 0.05) is 6.04 Å². The van der Waals surface area contributed by atoms with Gasteiger partial charge in [-0.2, -0.15) is 0 Å². The summed E-state index contributed by atoms with van der Waals surface area (Å²) in [5.74, 6) is 1.31. The number of aliphatic hydroxyl groups excluding tert-OH is 1. The molecule has 0 aliphatic carbocycles. The molecule has 1 aromatic carbocycles. The van der Waals surface area contributed by atoms with Gasteiger partial charge in [-0.3, -0.25) is 0 Å². The first-order valence-corrected chi connectivity index (χ1v) is 7.48. The lowest BCUT2D eigenvalue weighted by Crippen LogP contribution is -2.26. The third-order valence-corrected chi connectivity index (χ3v) is 3.81. The Morgan fingerprint density at radius 2 is 2.00 bits per heavy atom. The first-order chi connectivity index (χ1) is 8.93. The van der Waals surface area contributed by atoms with E-state index < -0.39 is 0 Å². The fourth-order valence-electron chi connectivity index (χ4n) is 2.11. The van der Waals surface area contributed by atoms with Crippen LogP contribution in [0.3, 0.4) is 0 Å². The first-order valence-electron chi connectivity index (χ1n) is 6.69. The smallest absolute Gasteiger partial charge is 0.133 e. The monoisotopic (exact) mass is 329 g/mol. The lowest BCUT2D eigenvalue weighted by Gasteiger charge is -2.19. The molecule has 0 aromatic heterocycles. The van der Waals surface area contributed by atoms with Crippen molar-refractivity contribution in [3.63, 3.8) is 0 Å². The van der Waals surface area contributed by atoms with Crippen LogP contribution in [0.2, 0.25) is 0 Å². The first kappa shape index (κ1) is 16.5. The molecule has 0 radical (unpaired) electrons. The summed E-state index contributed by atoms with van der Waals surface area (Å²) >= 11 is 3.50. The summed E-state index contributed by atoms with van der Waals surface area (Å²) in [7, 11) is 1.67. The van der Waals surface area contributed by atoms with Gasteiger partial charge in [-0.15, -0.1) is 0 Å². The van der Waals surface area contributed by atoms with Crippen molar-refractivity contribution in [2.24, 2.45) is 5.92 Å². The second-order valence-corrected chi connectivity index (χ2v) is 6.07. The maximum atomic E-state index is 9.35. The quantitative estimate of drug-likeness (QED) is 0.804. The van der Waals surface area contributed by atoms with Gasteiger partial charge in [0.2, 0.25) is 0 Å². The largest absolute Gasteiger partial charge is 0.496 e. The number of ether oxygens (including phenoxy) is 1. The lowest BCUT2D eigenvalue weighted by atomic mass is 10.0. The SMILES string of the molecule is COc1ccc(C(C)NCC(C)CC(C)O)cc1Br. The molecular weight excluding hydrogens is 306 g/mol. The van der Waals surface area contributed by atoms with Crippen molar-refractivity contribution >= 4 is 15.9 Å². The Hall–Kier alpha value is -0.580. The van der Waals surface area contributed by atoms with Gasteiger partial charge in [0.15, 0.2) is 0 Å². The summed E-state index contributed by atoms with van der Waals surface area (Å²) in [6, 6.07) is 6.39. The molecule has 0 saturated carbocycles. The molecule has 4 heteroatoms. The third-order valence-electron chi connectivity index (χ3n) is 3.19. The highest BCUT2D eigenvalue weighted by molar-refractivity contribution is 9.10. The molecular formula is C15H24BrNO2. The minimum Gasteiger partial charge on any atom is -0.496 e. The zero-order valence-corrected chi connectivity index (χ0v) is 13.7. The van der Waals surface area contributed by atoms with Crippen LogP contribution in [0, 0.1) is 5.92 Å². The van der Waals surface area contributed by atoms with Crippen molar-refractivity contribution in [3.8, 4) is 5.75 Å². The van der Waals surface area contributed by atoms with Gasteiger partial charge in [0.05, 0.1) is 17.7 Å². The van der Waals surface area contributed by atoms with E-state index in [1.807, 2.05) is 13.0 Å². The van der Waals surface area contributed by atoms with Gasteiger partial charge in [-0.25, -0.2) is 0 Å². The van der Waals surface area contributed by atoms with E-state index in [9.17, 15) is 5.11 Å².